The molecule has 1 atom stereocenters. The Morgan fingerprint density at radius 3 is 2.81 bits per heavy atom. The van der Waals surface area contributed by atoms with E-state index in [1.165, 1.54) is 32.1 Å². The van der Waals surface area contributed by atoms with E-state index in [4.69, 9.17) is 0 Å². The molecule has 2 aliphatic carbocycles. The molecule has 0 amide bonds. The lowest BCUT2D eigenvalue weighted by atomic mass is 9.89. The van der Waals surface area contributed by atoms with Crippen LogP contribution in [0.15, 0.2) is 18.2 Å². The Balaban J connectivity index is 2.11. The van der Waals surface area contributed by atoms with E-state index in [2.05, 4.69) is 32.1 Å². The van der Waals surface area contributed by atoms with Crippen LogP contribution in [0, 0.1) is 5.92 Å². The molecule has 0 spiro atoms. The second-order valence-corrected chi connectivity index (χ2v) is 5.26. The molecule has 0 heteroatoms. The minimum atomic E-state index is 0.730. The summed E-state index contributed by atoms with van der Waals surface area (Å²) in [5.41, 5.74) is 8.16. The van der Waals surface area contributed by atoms with Crippen LogP contribution >= 0.6 is 0 Å². The van der Waals surface area contributed by atoms with Crippen molar-refractivity contribution in [2.24, 2.45) is 5.92 Å². The third-order valence-corrected chi connectivity index (χ3v) is 4.34. The summed E-state index contributed by atoms with van der Waals surface area (Å²) >= 11 is 0. The standard InChI is InChI=1S/C16H20/c1-3-11(2)14-10-9-13-8-7-12-5-4-6-15(12)16(13)14/h7-8,10-11H,3-6,9H2,1-2H3. The molecule has 0 saturated heterocycles. The maximum atomic E-state index is 2.47. The number of fused-ring (bicyclic) bond motifs is 3. The van der Waals surface area contributed by atoms with Crippen molar-refractivity contribution in [1.29, 1.82) is 0 Å². The average molecular weight is 212 g/mol. The van der Waals surface area contributed by atoms with E-state index >= 15 is 0 Å². The van der Waals surface area contributed by atoms with Crippen molar-refractivity contribution in [2.75, 3.05) is 0 Å². The number of benzene rings is 1. The van der Waals surface area contributed by atoms with Gasteiger partial charge in [0.15, 0.2) is 0 Å². The Bertz CT molecular complexity index is 451. The van der Waals surface area contributed by atoms with Crippen LogP contribution in [-0.2, 0) is 19.3 Å². The maximum absolute atomic E-state index is 2.47. The number of hydrogen-bond acceptors (Lipinski definition) is 0. The minimum absolute atomic E-state index is 0.730. The topological polar surface area (TPSA) is 0 Å². The van der Waals surface area contributed by atoms with Crippen molar-refractivity contribution in [3.63, 3.8) is 0 Å². The number of allylic oxidation sites excluding steroid dienone is 2. The van der Waals surface area contributed by atoms with Crippen LogP contribution in [0.1, 0.15) is 48.9 Å². The zero-order valence-corrected chi connectivity index (χ0v) is 10.3. The van der Waals surface area contributed by atoms with Gasteiger partial charge in [-0.3, -0.25) is 0 Å². The molecule has 0 aliphatic heterocycles. The Labute approximate surface area is 98.4 Å². The van der Waals surface area contributed by atoms with Crippen LogP contribution in [0.5, 0.6) is 0 Å². The molecule has 0 radical (unpaired) electrons. The van der Waals surface area contributed by atoms with Gasteiger partial charge in [-0.1, -0.05) is 32.1 Å². The van der Waals surface area contributed by atoms with E-state index in [-0.39, 0.29) is 0 Å². The predicted molar refractivity (Wildman–Crippen MR) is 69.6 cm³/mol. The fourth-order valence-electron chi connectivity index (χ4n) is 3.23. The summed E-state index contributed by atoms with van der Waals surface area (Å²) in [7, 11) is 0. The van der Waals surface area contributed by atoms with Crippen LogP contribution in [0.2, 0.25) is 0 Å². The first-order valence-electron chi connectivity index (χ1n) is 6.65. The third-order valence-electron chi connectivity index (χ3n) is 4.34. The van der Waals surface area contributed by atoms with Gasteiger partial charge >= 0.3 is 0 Å². The first-order valence-corrected chi connectivity index (χ1v) is 6.65. The number of rotatable bonds is 2. The summed E-state index contributed by atoms with van der Waals surface area (Å²) in [5.74, 6) is 0.730. The molecule has 84 valence electrons. The number of hydrogen-bond donors (Lipinski definition) is 0. The van der Waals surface area contributed by atoms with Gasteiger partial charge in [0.05, 0.1) is 0 Å². The lowest BCUT2D eigenvalue weighted by Crippen LogP contribution is -2.00. The molecule has 0 bridgehead atoms. The molecule has 0 nitrogen and oxygen atoms in total. The van der Waals surface area contributed by atoms with Gasteiger partial charge in [-0.2, -0.15) is 0 Å². The molecule has 16 heavy (non-hydrogen) atoms. The summed E-state index contributed by atoms with van der Waals surface area (Å²) in [5, 5.41) is 0. The molecule has 1 aromatic carbocycles. The third kappa shape index (κ3) is 1.36. The Hall–Kier alpha value is -1.04. The summed E-state index contributed by atoms with van der Waals surface area (Å²) in [6, 6.07) is 4.74. The summed E-state index contributed by atoms with van der Waals surface area (Å²) in [6.45, 7) is 4.67. The normalized spacial score (nSPS) is 19.2. The summed E-state index contributed by atoms with van der Waals surface area (Å²) in [6.07, 6.45) is 8.87. The second-order valence-electron chi connectivity index (χ2n) is 5.26. The second kappa shape index (κ2) is 3.76. The predicted octanol–water partition coefficient (Wildman–Crippen LogP) is 4.16. The molecule has 0 aromatic heterocycles. The fourth-order valence-corrected chi connectivity index (χ4v) is 3.23. The van der Waals surface area contributed by atoms with Gasteiger partial charge in [-0.15, -0.1) is 0 Å². The van der Waals surface area contributed by atoms with Crippen LogP contribution in [0.25, 0.3) is 5.57 Å². The molecule has 0 N–H and O–H groups in total. The lowest BCUT2D eigenvalue weighted by Gasteiger charge is -2.16. The Morgan fingerprint density at radius 2 is 2.00 bits per heavy atom. The molecule has 0 heterocycles. The highest BCUT2D eigenvalue weighted by Crippen LogP contribution is 2.40. The van der Waals surface area contributed by atoms with Gasteiger partial charge in [0, 0.05) is 0 Å². The Kier molecular flexibility index (Phi) is 2.38. The van der Waals surface area contributed by atoms with E-state index in [0.717, 1.165) is 5.92 Å². The van der Waals surface area contributed by atoms with Crippen LogP contribution in [0.3, 0.4) is 0 Å². The van der Waals surface area contributed by atoms with Gasteiger partial charge < -0.3 is 0 Å². The molecular weight excluding hydrogens is 192 g/mol. The molecule has 0 saturated carbocycles. The average Bonchev–Trinajstić information content (AvgIpc) is 2.92. The minimum Gasteiger partial charge on any atom is -0.0760 e. The highest BCUT2D eigenvalue weighted by molar-refractivity contribution is 5.78. The van der Waals surface area contributed by atoms with Crippen molar-refractivity contribution in [3.05, 3.63) is 40.5 Å². The van der Waals surface area contributed by atoms with E-state index in [9.17, 15) is 0 Å². The van der Waals surface area contributed by atoms with Gasteiger partial charge in [0.1, 0.15) is 0 Å². The van der Waals surface area contributed by atoms with Gasteiger partial charge in [-0.05, 0) is 65.8 Å². The van der Waals surface area contributed by atoms with E-state index in [0.29, 0.717) is 0 Å². The summed E-state index contributed by atoms with van der Waals surface area (Å²) < 4.78 is 0. The van der Waals surface area contributed by atoms with Gasteiger partial charge in [0.25, 0.3) is 0 Å². The fraction of sp³-hybridized carbons (Fsp3) is 0.500. The van der Waals surface area contributed by atoms with Crippen molar-refractivity contribution < 1.29 is 0 Å². The monoisotopic (exact) mass is 212 g/mol. The Morgan fingerprint density at radius 1 is 1.19 bits per heavy atom. The van der Waals surface area contributed by atoms with Crippen molar-refractivity contribution in [1.82, 2.24) is 0 Å². The van der Waals surface area contributed by atoms with Crippen LogP contribution < -0.4 is 0 Å². The molecule has 3 rings (SSSR count). The van der Waals surface area contributed by atoms with Gasteiger partial charge in [-0.25, -0.2) is 0 Å². The van der Waals surface area contributed by atoms with E-state index in [1.807, 2.05) is 0 Å². The van der Waals surface area contributed by atoms with Crippen molar-refractivity contribution >= 4 is 5.57 Å². The first-order chi connectivity index (χ1) is 7.81. The first kappa shape index (κ1) is 10.1. The zero-order chi connectivity index (χ0) is 11.1. The van der Waals surface area contributed by atoms with E-state index < -0.39 is 0 Å². The highest BCUT2D eigenvalue weighted by atomic mass is 14.3. The summed E-state index contributed by atoms with van der Waals surface area (Å²) in [4.78, 5) is 0. The molecular formula is C16H20. The molecule has 0 fully saturated rings. The van der Waals surface area contributed by atoms with Crippen LogP contribution in [0.4, 0.5) is 0 Å². The lowest BCUT2D eigenvalue weighted by molar-refractivity contribution is 0.717. The van der Waals surface area contributed by atoms with E-state index in [1.54, 1.807) is 27.8 Å². The molecule has 1 aromatic rings. The number of aryl methyl sites for hydroxylation is 1. The highest BCUT2D eigenvalue weighted by Gasteiger charge is 2.24. The largest absolute Gasteiger partial charge is 0.0760 e. The quantitative estimate of drug-likeness (QED) is 0.690. The maximum Gasteiger partial charge on any atom is -0.00852 e. The van der Waals surface area contributed by atoms with Crippen molar-refractivity contribution in [3.8, 4) is 0 Å². The van der Waals surface area contributed by atoms with Crippen molar-refractivity contribution in [2.45, 2.75) is 46.0 Å². The zero-order valence-electron chi connectivity index (χ0n) is 10.3. The molecule has 2 aliphatic rings. The van der Waals surface area contributed by atoms with Crippen LogP contribution in [-0.4, -0.2) is 0 Å². The smallest absolute Gasteiger partial charge is 0.00852 e. The SMILES string of the molecule is CCC(C)C1=CCc2ccc3c(c21)CCC3. The molecule has 1 unspecified atom stereocenters. The van der Waals surface area contributed by atoms with Gasteiger partial charge in [0.2, 0.25) is 0 Å².